The number of thioether (sulfide) groups is 1. The SMILES string of the molecule is CSc1nc2c3c(c(Cl)c(Br)c(F)c3n1)OCCN2C1(C(F)F)CC1. The van der Waals surface area contributed by atoms with Crippen LogP contribution in [0.1, 0.15) is 12.8 Å². The van der Waals surface area contributed by atoms with Crippen molar-refractivity contribution in [3.63, 3.8) is 0 Å². The Morgan fingerprint density at radius 3 is 2.68 bits per heavy atom. The minimum atomic E-state index is -2.53. The molecule has 2 aliphatic rings. The Morgan fingerprint density at radius 1 is 1.36 bits per heavy atom. The van der Waals surface area contributed by atoms with E-state index in [-0.39, 0.29) is 45.1 Å². The van der Waals surface area contributed by atoms with Gasteiger partial charge in [0.15, 0.2) is 16.7 Å². The molecule has 0 spiro atoms. The molecular weight excluding hydrogens is 443 g/mol. The molecule has 4 rings (SSSR count). The van der Waals surface area contributed by atoms with E-state index < -0.39 is 17.8 Å². The van der Waals surface area contributed by atoms with Crippen molar-refractivity contribution in [1.29, 1.82) is 0 Å². The van der Waals surface area contributed by atoms with Crippen molar-refractivity contribution in [2.24, 2.45) is 0 Å². The van der Waals surface area contributed by atoms with Crippen LogP contribution in [0.15, 0.2) is 9.63 Å². The normalized spacial score (nSPS) is 18.4. The molecule has 0 bridgehead atoms. The minimum absolute atomic E-state index is 0.0117. The minimum Gasteiger partial charge on any atom is -0.489 e. The monoisotopic (exact) mass is 453 g/mol. The molecule has 1 aromatic heterocycles. The van der Waals surface area contributed by atoms with E-state index in [1.54, 1.807) is 11.2 Å². The fraction of sp³-hybridized carbons (Fsp3) is 0.467. The zero-order valence-corrected chi connectivity index (χ0v) is 16.1. The summed E-state index contributed by atoms with van der Waals surface area (Å²) in [5.74, 6) is -0.178. The first kappa shape index (κ1) is 17.5. The highest BCUT2D eigenvalue weighted by Gasteiger charge is 2.57. The summed E-state index contributed by atoms with van der Waals surface area (Å²) in [7, 11) is 0. The largest absolute Gasteiger partial charge is 0.489 e. The third kappa shape index (κ3) is 2.49. The molecule has 0 unspecified atom stereocenters. The highest BCUT2D eigenvalue weighted by atomic mass is 79.9. The first-order chi connectivity index (χ1) is 11.9. The van der Waals surface area contributed by atoms with E-state index in [0.717, 1.165) is 0 Å². The fourth-order valence-corrected chi connectivity index (χ4v) is 4.10. The van der Waals surface area contributed by atoms with Crippen LogP contribution in [0.3, 0.4) is 0 Å². The Balaban J connectivity index is 2.07. The van der Waals surface area contributed by atoms with Crippen molar-refractivity contribution in [3.8, 4) is 5.75 Å². The molecule has 0 radical (unpaired) electrons. The lowest BCUT2D eigenvalue weighted by Crippen LogP contribution is -2.45. The van der Waals surface area contributed by atoms with Crippen LogP contribution in [-0.4, -0.2) is 41.3 Å². The van der Waals surface area contributed by atoms with Crippen molar-refractivity contribution in [1.82, 2.24) is 9.97 Å². The second-order valence-electron chi connectivity index (χ2n) is 5.93. The van der Waals surface area contributed by atoms with Crippen LogP contribution in [0.4, 0.5) is 19.0 Å². The number of hydrogen-bond acceptors (Lipinski definition) is 5. The molecule has 0 saturated heterocycles. The first-order valence-corrected chi connectivity index (χ1v) is 9.91. The molecule has 10 heteroatoms. The average Bonchev–Trinajstić information content (AvgIpc) is 3.41. The van der Waals surface area contributed by atoms with Crippen molar-refractivity contribution < 1.29 is 17.9 Å². The number of anilines is 1. The van der Waals surface area contributed by atoms with E-state index in [9.17, 15) is 13.2 Å². The highest BCUT2D eigenvalue weighted by molar-refractivity contribution is 9.10. The second-order valence-corrected chi connectivity index (χ2v) is 7.88. The number of hydrogen-bond donors (Lipinski definition) is 0. The lowest BCUT2D eigenvalue weighted by Gasteiger charge is -2.31. The predicted octanol–water partition coefficient (Wildman–Crippen LogP) is 4.90. The van der Waals surface area contributed by atoms with Crippen molar-refractivity contribution in [3.05, 3.63) is 15.3 Å². The van der Waals surface area contributed by atoms with E-state index in [0.29, 0.717) is 18.0 Å². The molecule has 4 nitrogen and oxygen atoms in total. The number of rotatable bonds is 3. The molecule has 1 aliphatic heterocycles. The first-order valence-electron chi connectivity index (χ1n) is 7.51. The van der Waals surface area contributed by atoms with Gasteiger partial charge in [0, 0.05) is 0 Å². The van der Waals surface area contributed by atoms with Gasteiger partial charge in [-0.05, 0) is 35.0 Å². The standard InChI is InChI=1S/C15H12BrClF3N3OS/c1-25-14-21-10-6-11(8(17)7(16)9(10)18)24-5-4-23(12(6)22-14)15(2-3-15)13(19)20/h13H,2-5H2,1H3. The summed E-state index contributed by atoms with van der Waals surface area (Å²) in [6.07, 6.45) is -0.0814. The van der Waals surface area contributed by atoms with Crippen LogP contribution in [0.2, 0.25) is 5.02 Å². The summed E-state index contributed by atoms with van der Waals surface area (Å²) >= 11 is 10.6. The van der Waals surface area contributed by atoms with Gasteiger partial charge < -0.3 is 9.64 Å². The van der Waals surface area contributed by atoms with Crippen molar-refractivity contribution in [2.45, 2.75) is 30.0 Å². The lowest BCUT2D eigenvalue weighted by atomic mass is 10.1. The molecule has 134 valence electrons. The van der Waals surface area contributed by atoms with Gasteiger partial charge in [-0.2, -0.15) is 0 Å². The number of aromatic nitrogens is 2. The summed E-state index contributed by atoms with van der Waals surface area (Å²) in [5.41, 5.74) is -1.27. The molecule has 0 amide bonds. The van der Waals surface area contributed by atoms with Crippen LogP contribution in [0, 0.1) is 5.82 Å². The quantitative estimate of drug-likeness (QED) is 0.375. The van der Waals surface area contributed by atoms with Gasteiger partial charge in [-0.15, -0.1) is 0 Å². The molecule has 1 aliphatic carbocycles. The molecule has 0 N–H and O–H groups in total. The van der Waals surface area contributed by atoms with E-state index >= 15 is 0 Å². The zero-order valence-electron chi connectivity index (χ0n) is 13.0. The Kier molecular flexibility index (Phi) is 4.24. The van der Waals surface area contributed by atoms with Crippen LogP contribution < -0.4 is 9.64 Å². The van der Waals surface area contributed by atoms with Crippen LogP contribution in [0.5, 0.6) is 5.75 Å². The van der Waals surface area contributed by atoms with E-state index in [4.69, 9.17) is 16.3 Å². The Morgan fingerprint density at radius 2 is 2.08 bits per heavy atom. The van der Waals surface area contributed by atoms with Crippen molar-refractivity contribution >= 4 is 56.0 Å². The fourth-order valence-electron chi connectivity index (χ4n) is 3.14. The summed E-state index contributed by atoms with van der Waals surface area (Å²) < 4.78 is 47.9. The Bertz CT molecular complexity index is 881. The number of ether oxygens (including phenoxy) is 1. The zero-order chi connectivity index (χ0) is 17.9. The molecule has 25 heavy (non-hydrogen) atoms. The average molecular weight is 455 g/mol. The Hall–Kier alpha value is -0.930. The molecule has 2 heterocycles. The van der Waals surface area contributed by atoms with Crippen molar-refractivity contribution in [2.75, 3.05) is 24.3 Å². The number of nitrogens with zero attached hydrogens (tertiary/aromatic N) is 3. The van der Waals surface area contributed by atoms with E-state index in [2.05, 4.69) is 25.9 Å². The summed E-state index contributed by atoms with van der Waals surface area (Å²) in [5, 5.41) is 0.599. The van der Waals surface area contributed by atoms with Crippen LogP contribution in [-0.2, 0) is 0 Å². The van der Waals surface area contributed by atoms with Gasteiger partial charge in [-0.25, -0.2) is 23.1 Å². The third-order valence-electron chi connectivity index (χ3n) is 4.59. The Labute approximate surface area is 159 Å². The van der Waals surface area contributed by atoms with Gasteiger partial charge in [0.1, 0.15) is 28.5 Å². The third-order valence-corrected chi connectivity index (χ3v) is 6.48. The number of halogens is 5. The smallest absolute Gasteiger partial charge is 0.261 e. The maximum absolute atomic E-state index is 14.8. The predicted molar refractivity (Wildman–Crippen MR) is 94.8 cm³/mol. The molecular formula is C15H12BrClF3N3OS. The van der Waals surface area contributed by atoms with Gasteiger partial charge >= 0.3 is 0 Å². The lowest BCUT2D eigenvalue weighted by molar-refractivity contribution is 0.0984. The molecule has 1 fully saturated rings. The molecule has 0 atom stereocenters. The molecule has 2 aromatic rings. The summed E-state index contributed by atoms with van der Waals surface area (Å²) in [6.45, 7) is 0.362. The van der Waals surface area contributed by atoms with Gasteiger partial charge in [-0.1, -0.05) is 23.4 Å². The van der Waals surface area contributed by atoms with E-state index in [1.807, 2.05) is 0 Å². The van der Waals surface area contributed by atoms with Gasteiger partial charge in [0.2, 0.25) is 0 Å². The topological polar surface area (TPSA) is 38.3 Å². The molecule has 1 aromatic carbocycles. The van der Waals surface area contributed by atoms with Gasteiger partial charge in [0.05, 0.1) is 16.4 Å². The highest BCUT2D eigenvalue weighted by Crippen LogP contribution is 2.53. The van der Waals surface area contributed by atoms with Gasteiger partial charge in [0.25, 0.3) is 6.43 Å². The summed E-state index contributed by atoms with van der Waals surface area (Å²) in [6, 6.07) is 0. The van der Waals surface area contributed by atoms with Crippen LogP contribution >= 0.6 is 39.3 Å². The summed E-state index contributed by atoms with van der Waals surface area (Å²) in [4.78, 5) is 10.2. The number of benzene rings is 1. The van der Waals surface area contributed by atoms with Gasteiger partial charge in [-0.3, -0.25) is 0 Å². The number of alkyl halides is 2. The molecule has 1 saturated carbocycles. The second kappa shape index (κ2) is 6.06. The van der Waals surface area contributed by atoms with E-state index in [1.165, 1.54) is 11.8 Å². The van der Waals surface area contributed by atoms with Crippen LogP contribution in [0.25, 0.3) is 10.9 Å². The maximum atomic E-state index is 14.8. The maximum Gasteiger partial charge on any atom is 0.261 e.